The highest BCUT2D eigenvalue weighted by molar-refractivity contribution is 5.91. The van der Waals surface area contributed by atoms with Gasteiger partial charge in [0.15, 0.2) is 0 Å². The molecule has 2 aromatic rings. The van der Waals surface area contributed by atoms with Gasteiger partial charge in [-0.2, -0.15) is 0 Å². The molecule has 0 aliphatic carbocycles. The second kappa shape index (κ2) is 8.55. The van der Waals surface area contributed by atoms with Gasteiger partial charge in [0.05, 0.1) is 5.52 Å². The van der Waals surface area contributed by atoms with E-state index in [1.54, 1.807) is 0 Å². The highest BCUT2D eigenvalue weighted by Crippen LogP contribution is 2.33. The van der Waals surface area contributed by atoms with Crippen LogP contribution in [0.5, 0.6) is 0 Å². The van der Waals surface area contributed by atoms with E-state index in [-0.39, 0.29) is 0 Å². The number of likely N-dealkylation sites (N-methyl/N-ethyl adjacent to an activating group) is 1. The first kappa shape index (κ1) is 18.7. The number of hydrogen-bond acceptors (Lipinski definition) is 5. The third-order valence-electron chi connectivity index (χ3n) is 6.40. The van der Waals surface area contributed by atoms with Gasteiger partial charge in [0.1, 0.15) is 0 Å². The van der Waals surface area contributed by atoms with Crippen LogP contribution >= 0.6 is 0 Å². The number of hydrogen-bond donors (Lipinski definition) is 1. The van der Waals surface area contributed by atoms with Gasteiger partial charge >= 0.3 is 0 Å². The van der Waals surface area contributed by atoms with Crippen molar-refractivity contribution >= 4 is 16.6 Å². The number of anilines is 1. The zero-order chi connectivity index (χ0) is 18.6. The van der Waals surface area contributed by atoms with Crippen LogP contribution in [0.1, 0.15) is 19.3 Å². The Kier molecular flexibility index (Phi) is 5.91. The van der Waals surface area contributed by atoms with Gasteiger partial charge in [-0.05, 0) is 44.4 Å². The second-order valence-electron chi connectivity index (χ2n) is 8.11. The van der Waals surface area contributed by atoms with Crippen molar-refractivity contribution in [1.29, 1.82) is 0 Å². The number of aliphatic hydroxyl groups is 1. The Morgan fingerprint density at radius 2 is 1.89 bits per heavy atom. The normalized spacial score (nSPS) is 25.2. The SMILES string of the molecule is CN1CCN([C@H]2CCN(c3ccnc4ccccc34)C[C@H]2CCCO)CC1. The Morgan fingerprint density at radius 1 is 1.07 bits per heavy atom. The lowest BCUT2D eigenvalue weighted by atomic mass is 9.86. The molecule has 0 spiro atoms. The maximum atomic E-state index is 9.41. The average molecular weight is 369 g/mol. The topological polar surface area (TPSA) is 42.8 Å². The highest BCUT2D eigenvalue weighted by atomic mass is 16.2. The molecule has 5 heteroatoms. The van der Waals surface area contributed by atoms with Crippen LogP contribution in [0.4, 0.5) is 5.69 Å². The van der Waals surface area contributed by atoms with Crippen molar-refractivity contribution in [2.45, 2.75) is 25.3 Å². The van der Waals surface area contributed by atoms with Gasteiger partial charge in [0.2, 0.25) is 0 Å². The summed E-state index contributed by atoms with van der Waals surface area (Å²) in [5.41, 5.74) is 2.38. The Morgan fingerprint density at radius 3 is 2.70 bits per heavy atom. The van der Waals surface area contributed by atoms with Gasteiger partial charge in [-0.1, -0.05) is 18.2 Å². The molecule has 0 bridgehead atoms. The summed E-state index contributed by atoms with van der Waals surface area (Å²) < 4.78 is 0. The van der Waals surface area contributed by atoms with Crippen molar-refractivity contribution in [2.24, 2.45) is 5.92 Å². The maximum Gasteiger partial charge on any atom is 0.0722 e. The summed E-state index contributed by atoms with van der Waals surface area (Å²) in [5, 5.41) is 10.7. The molecule has 0 unspecified atom stereocenters. The zero-order valence-corrected chi connectivity index (χ0v) is 16.4. The van der Waals surface area contributed by atoms with Gasteiger partial charge in [-0.3, -0.25) is 9.88 Å². The van der Waals surface area contributed by atoms with Crippen LogP contribution < -0.4 is 4.90 Å². The van der Waals surface area contributed by atoms with E-state index in [1.807, 2.05) is 6.20 Å². The average Bonchev–Trinajstić information content (AvgIpc) is 2.72. The number of pyridine rings is 1. The van der Waals surface area contributed by atoms with E-state index < -0.39 is 0 Å². The summed E-state index contributed by atoms with van der Waals surface area (Å²) in [6.45, 7) is 7.16. The molecule has 2 fully saturated rings. The van der Waals surface area contributed by atoms with Crippen LogP contribution in [-0.4, -0.2) is 78.9 Å². The van der Waals surface area contributed by atoms with E-state index in [2.05, 4.69) is 57.1 Å². The third kappa shape index (κ3) is 4.10. The molecule has 1 aromatic carbocycles. The molecule has 0 radical (unpaired) electrons. The fraction of sp³-hybridized carbons (Fsp3) is 0.591. The van der Waals surface area contributed by atoms with Crippen LogP contribution in [0.15, 0.2) is 36.5 Å². The van der Waals surface area contributed by atoms with E-state index in [1.165, 1.54) is 43.7 Å². The third-order valence-corrected chi connectivity index (χ3v) is 6.40. The van der Waals surface area contributed by atoms with E-state index in [0.29, 0.717) is 18.6 Å². The molecule has 2 saturated heterocycles. The molecule has 146 valence electrons. The van der Waals surface area contributed by atoms with Gasteiger partial charge < -0.3 is 14.9 Å². The minimum absolute atomic E-state index is 0.296. The molecular formula is C22H32N4O. The Hall–Kier alpha value is -1.69. The monoisotopic (exact) mass is 368 g/mol. The molecule has 0 amide bonds. The number of piperidine rings is 1. The quantitative estimate of drug-likeness (QED) is 0.878. The van der Waals surface area contributed by atoms with Gasteiger partial charge in [0, 0.05) is 69.2 Å². The largest absolute Gasteiger partial charge is 0.396 e. The molecular weight excluding hydrogens is 336 g/mol. The van der Waals surface area contributed by atoms with Gasteiger partial charge in [-0.15, -0.1) is 0 Å². The first-order valence-electron chi connectivity index (χ1n) is 10.4. The summed E-state index contributed by atoms with van der Waals surface area (Å²) in [7, 11) is 2.22. The minimum Gasteiger partial charge on any atom is -0.396 e. The summed E-state index contributed by atoms with van der Waals surface area (Å²) in [6, 6.07) is 11.3. The number of nitrogens with zero attached hydrogens (tertiary/aromatic N) is 4. The molecule has 5 nitrogen and oxygen atoms in total. The molecule has 0 saturated carbocycles. The standard InChI is InChI=1S/C22H32N4O/c1-24-12-14-25(15-13-24)21-9-11-26(17-18(21)5-4-16-27)22-8-10-23-20-7-3-2-6-19(20)22/h2-3,6-8,10,18,21,27H,4-5,9,11-17H2,1H3/t18-,21+/m1/s1. The fourth-order valence-electron chi connectivity index (χ4n) is 4.87. The van der Waals surface area contributed by atoms with Crippen molar-refractivity contribution in [3.63, 3.8) is 0 Å². The molecule has 4 rings (SSSR count). The summed E-state index contributed by atoms with van der Waals surface area (Å²) in [4.78, 5) is 12.2. The van der Waals surface area contributed by atoms with Crippen molar-refractivity contribution < 1.29 is 5.11 Å². The predicted octanol–water partition coefficient (Wildman–Crippen LogP) is 2.45. The highest BCUT2D eigenvalue weighted by Gasteiger charge is 2.34. The fourth-order valence-corrected chi connectivity index (χ4v) is 4.87. The molecule has 2 aliphatic rings. The predicted molar refractivity (Wildman–Crippen MR) is 111 cm³/mol. The Bertz CT molecular complexity index is 739. The lowest BCUT2D eigenvalue weighted by molar-refractivity contribution is 0.0639. The van der Waals surface area contributed by atoms with E-state index >= 15 is 0 Å². The Balaban J connectivity index is 1.53. The van der Waals surface area contributed by atoms with Crippen LogP contribution in [-0.2, 0) is 0 Å². The lowest BCUT2D eigenvalue weighted by Gasteiger charge is -2.47. The molecule has 1 N–H and O–H groups in total. The van der Waals surface area contributed by atoms with E-state index in [9.17, 15) is 5.11 Å². The van der Waals surface area contributed by atoms with Crippen molar-refractivity contribution in [1.82, 2.24) is 14.8 Å². The zero-order valence-electron chi connectivity index (χ0n) is 16.4. The minimum atomic E-state index is 0.296. The van der Waals surface area contributed by atoms with Crippen LogP contribution in [0.25, 0.3) is 10.9 Å². The molecule has 2 aliphatic heterocycles. The van der Waals surface area contributed by atoms with Crippen molar-refractivity contribution in [3.05, 3.63) is 36.5 Å². The number of aliphatic hydroxyl groups excluding tert-OH is 1. The smallest absolute Gasteiger partial charge is 0.0722 e. The van der Waals surface area contributed by atoms with Gasteiger partial charge in [0.25, 0.3) is 0 Å². The number of benzene rings is 1. The number of rotatable bonds is 5. The summed E-state index contributed by atoms with van der Waals surface area (Å²) >= 11 is 0. The summed E-state index contributed by atoms with van der Waals surface area (Å²) in [6.07, 6.45) is 5.15. The van der Waals surface area contributed by atoms with Crippen molar-refractivity contribution in [3.8, 4) is 0 Å². The lowest BCUT2D eigenvalue weighted by Crippen LogP contribution is -2.56. The van der Waals surface area contributed by atoms with Crippen LogP contribution in [0.2, 0.25) is 0 Å². The van der Waals surface area contributed by atoms with Crippen LogP contribution in [0, 0.1) is 5.92 Å². The number of para-hydroxylation sites is 1. The number of piperazine rings is 1. The Labute approximate surface area is 162 Å². The number of fused-ring (bicyclic) bond motifs is 1. The molecule has 2 atom stereocenters. The van der Waals surface area contributed by atoms with Crippen molar-refractivity contribution in [2.75, 3.05) is 57.8 Å². The van der Waals surface area contributed by atoms with Gasteiger partial charge in [-0.25, -0.2) is 0 Å². The van der Waals surface area contributed by atoms with Crippen LogP contribution in [0.3, 0.4) is 0 Å². The maximum absolute atomic E-state index is 9.41. The molecule has 27 heavy (non-hydrogen) atoms. The second-order valence-corrected chi connectivity index (χ2v) is 8.11. The van der Waals surface area contributed by atoms with E-state index in [4.69, 9.17) is 0 Å². The van der Waals surface area contributed by atoms with E-state index in [0.717, 1.165) is 31.4 Å². The number of aromatic nitrogens is 1. The molecule has 3 heterocycles. The first-order chi connectivity index (χ1) is 13.3. The molecule has 1 aromatic heterocycles. The first-order valence-corrected chi connectivity index (χ1v) is 10.4. The summed E-state index contributed by atoms with van der Waals surface area (Å²) in [5.74, 6) is 0.612.